The maximum Gasteiger partial charge on any atom is 0.254 e. The quantitative estimate of drug-likeness (QED) is 0.786. The van der Waals surface area contributed by atoms with Gasteiger partial charge in [-0.2, -0.15) is 14.6 Å². The first kappa shape index (κ1) is 15.8. The van der Waals surface area contributed by atoms with E-state index in [1.165, 1.54) is 6.33 Å². The number of nitrogens with zero attached hydrogens (tertiary/aromatic N) is 5. The Hall–Kier alpha value is -2.67. The molecule has 0 amide bonds. The molecule has 1 aliphatic rings. The molecule has 7 nitrogen and oxygen atoms in total. The van der Waals surface area contributed by atoms with E-state index in [1.54, 1.807) is 16.6 Å². The number of rotatable bonds is 4. The van der Waals surface area contributed by atoms with Gasteiger partial charge in [0.2, 0.25) is 0 Å². The first-order valence-electron chi connectivity index (χ1n) is 8.59. The summed E-state index contributed by atoms with van der Waals surface area (Å²) in [6, 6.07) is 9.34. The fourth-order valence-electron chi connectivity index (χ4n) is 3.24. The minimum absolute atomic E-state index is 0.0952. The van der Waals surface area contributed by atoms with Crippen LogP contribution in [-0.2, 0) is 11.2 Å². The highest BCUT2D eigenvalue weighted by Crippen LogP contribution is 2.28. The third kappa shape index (κ3) is 3.15. The van der Waals surface area contributed by atoms with E-state index in [0.717, 1.165) is 36.5 Å². The Balaban J connectivity index is 1.67. The van der Waals surface area contributed by atoms with Crippen LogP contribution in [0.4, 0.5) is 5.82 Å². The zero-order valence-electron chi connectivity index (χ0n) is 14.2. The molecule has 0 spiro atoms. The Morgan fingerprint density at radius 2 is 2.24 bits per heavy atom. The predicted octanol–water partition coefficient (Wildman–Crippen LogP) is 2.36. The number of fused-ring (bicyclic) bond motifs is 1. The van der Waals surface area contributed by atoms with Crippen LogP contribution in [0.2, 0.25) is 0 Å². The number of aromatic hydroxyl groups is 1. The molecular formula is C18H21N5O2. The lowest BCUT2D eigenvalue weighted by atomic mass is 10.1. The Labute approximate surface area is 145 Å². The average Bonchev–Trinajstić information content (AvgIpc) is 3.10. The molecule has 1 aromatic carbocycles. The third-order valence-electron chi connectivity index (χ3n) is 4.42. The topological polar surface area (TPSA) is 75.8 Å². The Morgan fingerprint density at radius 1 is 1.32 bits per heavy atom. The molecule has 1 atom stereocenters. The number of hydrogen-bond donors (Lipinski definition) is 1. The first-order valence-corrected chi connectivity index (χ1v) is 8.59. The summed E-state index contributed by atoms with van der Waals surface area (Å²) in [5, 5.41) is 14.1. The van der Waals surface area contributed by atoms with Crippen molar-refractivity contribution in [2.24, 2.45) is 0 Å². The van der Waals surface area contributed by atoms with Crippen LogP contribution in [0, 0.1) is 0 Å². The van der Waals surface area contributed by atoms with Crippen LogP contribution in [0.25, 0.3) is 5.78 Å². The van der Waals surface area contributed by atoms with Gasteiger partial charge in [0.15, 0.2) is 0 Å². The molecule has 3 aromatic rings. The fraction of sp³-hybridized carbons (Fsp3) is 0.389. The summed E-state index contributed by atoms with van der Waals surface area (Å²) in [4.78, 5) is 11.1. The minimum atomic E-state index is -0.0952. The summed E-state index contributed by atoms with van der Waals surface area (Å²) in [6.45, 7) is 4.22. The van der Waals surface area contributed by atoms with Crippen LogP contribution >= 0.6 is 0 Å². The van der Waals surface area contributed by atoms with Crippen LogP contribution in [0.3, 0.4) is 0 Å². The second-order valence-corrected chi connectivity index (χ2v) is 6.23. The molecule has 2 aromatic heterocycles. The number of morpholine rings is 1. The number of benzene rings is 1. The van der Waals surface area contributed by atoms with E-state index in [4.69, 9.17) is 4.74 Å². The van der Waals surface area contributed by atoms with Gasteiger partial charge < -0.3 is 14.7 Å². The zero-order chi connectivity index (χ0) is 17.2. The monoisotopic (exact) mass is 339 g/mol. The van der Waals surface area contributed by atoms with Gasteiger partial charge in [0, 0.05) is 24.8 Å². The van der Waals surface area contributed by atoms with E-state index < -0.39 is 0 Å². The highest BCUT2D eigenvalue weighted by molar-refractivity contribution is 5.48. The van der Waals surface area contributed by atoms with Crippen LogP contribution in [-0.4, -0.2) is 44.4 Å². The molecule has 0 saturated carbocycles. The van der Waals surface area contributed by atoms with Crippen LogP contribution in [0.15, 0.2) is 36.7 Å². The molecule has 0 bridgehead atoms. The van der Waals surface area contributed by atoms with Gasteiger partial charge in [-0.3, -0.25) is 0 Å². The lowest BCUT2D eigenvalue weighted by Crippen LogP contribution is -2.39. The van der Waals surface area contributed by atoms with Crippen molar-refractivity contribution in [3.05, 3.63) is 47.9 Å². The summed E-state index contributed by atoms with van der Waals surface area (Å²) in [5.41, 5.74) is 2.00. The Kier molecular flexibility index (Phi) is 4.23. The standard InChI is InChI=1S/C18H21N5O2/c1-2-4-14-10-17(23-18(21-14)19-12-20-23)22-7-8-25-16(11-22)13-5-3-6-15(24)9-13/h3,5-6,9-10,12,16,24H,2,4,7-8,11H2,1H3/t16-/m1/s1. The predicted molar refractivity (Wildman–Crippen MR) is 93.8 cm³/mol. The van der Waals surface area contributed by atoms with E-state index in [0.29, 0.717) is 18.9 Å². The van der Waals surface area contributed by atoms with Crippen molar-refractivity contribution in [3.8, 4) is 5.75 Å². The number of ether oxygens (including phenoxy) is 1. The molecule has 25 heavy (non-hydrogen) atoms. The molecule has 1 saturated heterocycles. The van der Waals surface area contributed by atoms with Crippen molar-refractivity contribution in [2.75, 3.05) is 24.6 Å². The van der Waals surface area contributed by atoms with Crippen LogP contribution < -0.4 is 4.90 Å². The molecular weight excluding hydrogens is 318 g/mol. The van der Waals surface area contributed by atoms with Gasteiger partial charge in [-0.1, -0.05) is 25.5 Å². The molecule has 1 N–H and O–H groups in total. The summed E-state index contributed by atoms with van der Waals surface area (Å²) in [6.07, 6.45) is 3.39. The van der Waals surface area contributed by atoms with Gasteiger partial charge in [0.1, 0.15) is 24.0 Å². The fourth-order valence-corrected chi connectivity index (χ4v) is 3.24. The summed E-state index contributed by atoms with van der Waals surface area (Å²) in [5.74, 6) is 1.87. The van der Waals surface area contributed by atoms with E-state index in [2.05, 4.69) is 33.0 Å². The van der Waals surface area contributed by atoms with E-state index >= 15 is 0 Å². The molecule has 1 fully saturated rings. The normalized spacial score (nSPS) is 18.0. The van der Waals surface area contributed by atoms with Crippen LogP contribution in [0.5, 0.6) is 5.75 Å². The highest BCUT2D eigenvalue weighted by Gasteiger charge is 2.25. The van der Waals surface area contributed by atoms with Crippen molar-refractivity contribution < 1.29 is 9.84 Å². The number of phenols is 1. The molecule has 1 aliphatic heterocycles. The van der Waals surface area contributed by atoms with Gasteiger partial charge in [0.05, 0.1) is 6.61 Å². The van der Waals surface area contributed by atoms with Crippen LogP contribution in [0.1, 0.15) is 30.7 Å². The zero-order valence-corrected chi connectivity index (χ0v) is 14.2. The maximum atomic E-state index is 9.74. The highest BCUT2D eigenvalue weighted by atomic mass is 16.5. The largest absolute Gasteiger partial charge is 0.508 e. The number of phenolic OH excluding ortho intramolecular Hbond substituents is 1. The minimum Gasteiger partial charge on any atom is -0.508 e. The van der Waals surface area contributed by atoms with E-state index in [1.807, 2.05) is 12.1 Å². The molecule has 130 valence electrons. The van der Waals surface area contributed by atoms with E-state index in [-0.39, 0.29) is 11.9 Å². The van der Waals surface area contributed by atoms with Crippen molar-refractivity contribution in [1.82, 2.24) is 19.6 Å². The third-order valence-corrected chi connectivity index (χ3v) is 4.42. The molecule has 0 aliphatic carbocycles. The second-order valence-electron chi connectivity index (χ2n) is 6.23. The van der Waals surface area contributed by atoms with Crippen molar-refractivity contribution in [3.63, 3.8) is 0 Å². The summed E-state index contributed by atoms with van der Waals surface area (Å²) >= 11 is 0. The lowest BCUT2D eigenvalue weighted by molar-refractivity contribution is 0.0392. The SMILES string of the molecule is CCCc1cc(N2CCO[C@@H](c3cccc(O)c3)C2)n2ncnc2n1. The Morgan fingerprint density at radius 3 is 3.08 bits per heavy atom. The van der Waals surface area contributed by atoms with Gasteiger partial charge in [-0.05, 0) is 24.1 Å². The number of aromatic nitrogens is 4. The smallest absolute Gasteiger partial charge is 0.254 e. The van der Waals surface area contributed by atoms with E-state index in [9.17, 15) is 5.11 Å². The molecule has 7 heteroatoms. The molecule has 0 radical (unpaired) electrons. The van der Waals surface area contributed by atoms with Crippen molar-refractivity contribution >= 4 is 11.6 Å². The van der Waals surface area contributed by atoms with Gasteiger partial charge in [-0.25, -0.2) is 4.98 Å². The summed E-state index contributed by atoms with van der Waals surface area (Å²) < 4.78 is 7.71. The number of hydrogen-bond acceptors (Lipinski definition) is 6. The maximum absolute atomic E-state index is 9.74. The van der Waals surface area contributed by atoms with Crippen molar-refractivity contribution in [2.45, 2.75) is 25.9 Å². The van der Waals surface area contributed by atoms with Gasteiger partial charge in [0.25, 0.3) is 5.78 Å². The average molecular weight is 339 g/mol. The van der Waals surface area contributed by atoms with Crippen molar-refractivity contribution in [1.29, 1.82) is 0 Å². The number of aryl methyl sites for hydroxylation is 1. The number of anilines is 1. The van der Waals surface area contributed by atoms with Gasteiger partial charge in [-0.15, -0.1) is 0 Å². The molecule has 3 heterocycles. The second kappa shape index (κ2) is 6.68. The first-order chi connectivity index (χ1) is 12.2. The Bertz CT molecular complexity index is 879. The molecule has 4 rings (SSSR count). The summed E-state index contributed by atoms with van der Waals surface area (Å²) in [7, 11) is 0. The molecule has 0 unspecified atom stereocenters. The lowest BCUT2D eigenvalue weighted by Gasteiger charge is -2.34. The van der Waals surface area contributed by atoms with Gasteiger partial charge >= 0.3 is 0 Å².